The molecule has 40 heavy (non-hydrogen) atoms. The first kappa shape index (κ1) is 31.6. The highest BCUT2D eigenvalue weighted by Crippen LogP contribution is 2.39. The van der Waals surface area contributed by atoms with E-state index in [2.05, 4.69) is 6.92 Å². The molecule has 0 spiro atoms. The van der Waals surface area contributed by atoms with Gasteiger partial charge in [-0.15, -0.1) is 0 Å². The minimum Gasteiger partial charge on any atom is -0.497 e. The van der Waals surface area contributed by atoms with Crippen molar-refractivity contribution in [2.75, 3.05) is 34.3 Å². The Morgan fingerprint density at radius 3 is 2.33 bits per heavy atom. The number of hydrogen-bond acceptors (Lipinski definition) is 4. The van der Waals surface area contributed by atoms with Crippen LogP contribution >= 0.6 is 11.6 Å². The van der Waals surface area contributed by atoms with Crippen molar-refractivity contribution in [2.24, 2.45) is 11.8 Å². The van der Waals surface area contributed by atoms with E-state index in [1.165, 1.54) is 35.1 Å². The number of nitrogens with zero attached hydrogens (tertiary/aromatic N) is 2. The van der Waals surface area contributed by atoms with Gasteiger partial charge in [0, 0.05) is 27.2 Å². The molecule has 0 aromatic heterocycles. The molecule has 1 fully saturated rings. The number of ether oxygens (including phenoxy) is 2. The quantitative estimate of drug-likeness (QED) is 0.308. The summed E-state index contributed by atoms with van der Waals surface area (Å²) in [4.78, 5) is 28.0. The smallest absolute Gasteiger partial charge is 0.404 e. The van der Waals surface area contributed by atoms with E-state index in [0.717, 1.165) is 12.8 Å². The average Bonchev–Trinajstić information content (AvgIpc) is 2.88. The second-order valence-corrected chi connectivity index (χ2v) is 11.3. The fourth-order valence-electron chi connectivity index (χ4n) is 5.36. The van der Waals surface area contributed by atoms with Crippen LogP contribution in [0.3, 0.4) is 0 Å². The van der Waals surface area contributed by atoms with Crippen molar-refractivity contribution in [2.45, 2.75) is 57.7 Å². The molecular formula is C30H38ClF3N2O4. The Morgan fingerprint density at radius 2 is 1.75 bits per heavy atom. The molecule has 3 atom stereocenters. The summed E-state index contributed by atoms with van der Waals surface area (Å²) in [5.74, 6) is -1.80. The highest BCUT2D eigenvalue weighted by molar-refractivity contribution is 6.34. The number of benzene rings is 2. The maximum atomic E-state index is 14.0. The Hall–Kier alpha value is -2.94. The molecule has 2 aromatic carbocycles. The van der Waals surface area contributed by atoms with E-state index in [-0.39, 0.29) is 23.3 Å². The third kappa shape index (κ3) is 8.29. The zero-order valence-corrected chi connectivity index (χ0v) is 24.4. The van der Waals surface area contributed by atoms with Gasteiger partial charge in [0.2, 0.25) is 5.91 Å². The van der Waals surface area contributed by atoms with Crippen LogP contribution in [-0.2, 0) is 4.79 Å². The molecule has 2 aromatic rings. The minimum atomic E-state index is -4.70. The van der Waals surface area contributed by atoms with E-state index in [1.54, 1.807) is 38.4 Å². The summed E-state index contributed by atoms with van der Waals surface area (Å²) in [7, 11) is 4.70. The molecule has 1 heterocycles. The molecule has 1 aliphatic rings. The third-order valence-electron chi connectivity index (χ3n) is 7.31. The van der Waals surface area contributed by atoms with Crippen LogP contribution in [0.5, 0.6) is 11.5 Å². The SMILES string of the molecule is COc1cccc(C(C(=O)N2CCC(CC(C)CC(C)Oc3ccc(C(=O)N(C)C)c(Cl)c3)CC2)C(F)(F)F)c1. The monoisotopic (exact) mass is 582 g/mol. The predicted molar refractivity (Wildman–Crippen MR) is 149 cm³/mol. The van der Waals surface area contributed by atoms with Gasteiger partial charge in [0.25, 0.3) is 5.91 Å². The standard InChI is InChI=1S/C30H38ClF3N2O4/c1-19(15-20(2)40-24-9-10-25(26(31)18-24)28(37)35(3)4)16-21-11-13-36(14-12-21)29(38)27(30(32,33)34)22-7-6-8-23(17-22)39-5/h6-10,17-21,27H,11-16H2,1-5H3. The molecular weight excluding hydrogens is 545 g/mol. The maximum Gasteiger partial charge on any atom is 0.404 e. The maximum absolute atomic E-state index is 14.0. The van der Waals surface area contributed by atoms with Crippen LogP contribution in [0.4, 0.5) is 13.2 Å². The summed E-state index contributed by atoms with van der Waals surface area (Å²) in [6.45, 7) is 4.71. The molecule has 6 nitrogen and oxygen atoms in total. The van der Waals surface area contributed by atoms with E-state index in [1.807, 2.05) is 6.92 Å². The second kappa shape index (κ2) is 13.6. The molecule has 10 heteroatoms. The van der Waals surface area contributed by atoms with Gasteiger partial charge in [-0.25, -0.2) is 0 Å². The highest BCUT2D eigenvalue weighted by atomic mass is 35.5. The van der Waals surface area contributed by atoms with Crippen LogP contribution in [0.25, 0.3) is 0 Å². The Bertz CT molecular complexity index is 1170. The molecule has 1 aliphatic heterocycles. The summed E-state index contributed by atoms with van der Waals surface area (Å²) in [6.07, 6.45) is -1.81. The number of amides is 2. The van der Waals surface area contributed by atoms with Gasteiger partial charge < -0.3 is 19.3 Å². The molecule has 0 radical (unpaired) electrons. The topological polar surface area (TPSA) is 59.1 Å². The highest BCUT2D eigenvalue weighted by Gasteiger charge is 2.48. The van der Waals surface area contributed by atoms with Gasteiger partial charge in [-0.1, -0.05) is 30.7 Å². The molecule has 0 aliphatic carbocycles. The van der Waals surface area contributed by atoms with Crippen LogP contribution < -0.4 is 9.47 Å². The zero-order chi connectivity index (χ0) is 29.6. The number of hydrogen-bond donors (Lipinski definition) is 0. The normalized spacial score (nSPS) is 16.7. The number of methoxy groups -OCH3 is 1. The Morgan fingerprint density at radius 1 is 1.07 bits per heavy atom. The molecule has 0 saturated carbocycles. The minimum absolute atomic E-state index is 0.0986. The summed E-state index contributed by atoms with van der Waals surface area (Å²) in [5.41, 5.74) is 0.303. The van der Waals surface area contributed by atoms with Crippen molar-refractivity contribution in [3.05, 3.63) is 58.6 Å². The average molecular weight is 583 g/mol. The number of carbonyl (C=O) groups is 2. The van der Waals surface area contributed by atoms with Crippen LogP contribution in [0, 0.1) is 11.8 Å². The number of alkyl halides is 3. The molecule has 3 unspecified atom stereocenters. The van der Waals surface area contributed by atoms with Crippen molar-refractivity contribution in [3.8, 4) is 11.5 Å². The van der Waals surface area contributed by atoms with E-state index in [0.29, 0.717) is 54.1 Å². The van der Waals surface area contributed by atoms with Crippen LogP contribution in [0.2, 0.25) is 5.02 Å². The van der Waals surface area contributed by atoms with E-state index in [4.69, 9.17) is 21.1 Å². The number of halogens is 4. The first-order valence-corrected chi connectivity index (χ1v) is 13.8. The Kier molecular flexibility index (Phi) is 10.8. The van der Waals surface area contributed by atoms with Gasteiger partial charge in [-0.3, -0.25) is 9.59 Å². The van der Waals surface area contributed by atoms with E-state index >= 15 is 0 Å². The lowest BCUT2D eigenvalue weighted by Gasteiger charge is -2.36. The van der Waals surface area contributed by atoms with Crippen LogP contribution in [0.15, 0.2) is 42.5 Å². The van der Waals surface area contributed by atoms with Gasteiger partial charge in [0.15, 0.2) is 5.92 Å². The van der Waals surface area contributed by atoms with Gasteiger partial charge in [0.05, 0.1) is 23.8 Å². The van der Waals surface area contributed by atoms with E-state index in [9.17, 15) is 22.8 Å². The van der Waals surface area contributed by atoms with Crippen molar-refractivity contribution < 1.29 is 32.2 Å². The van der Waals surface area contributed by atoms with Gasteiger partial charge >= 0.3 is 6.18 Å². The van der Waals surface area contributed by atoms with Gasteiger partial charge in [-0.05, 0) is 80.3 Å². The largest absolute Gasteiger partial charge is 0.497 e. The molecule has 1 saturated heterocycles. The number of carbonyl (C=O) groups excluding carboxylic acids is 2. The van der Waals surface area contributed by atoms with Crippen molar-refractivity contribution >= 4 is 23.4 Å². The van der Waals surface area contributed by atoms with Crippen LogP contribution in [0.1, 0.15) is 61.4 Å². The summed E-state index contributed by atoms with van der Waals surface area (Å²) in [6, 6.07) is 10.7. The lowest BCUT2D eigenvalue weighted by molar-refractivity contribution is -0.173. The van der Waals surface area contributed by atoms with Crippen molar-refractivity contribution in [1.82, 2.24) is 9.80 Å². The summed E-state index contributed by atoms with van der Waals surface area (Å²) < 4.78 is 53.0. The summed E-state index contributed by atoms with van der Waals surface area (Å²) in [5, 5.41) is 0.330. The number of rotatable bonds is 10. The van der Waals surface area contributed by atoms with Gasteiger partial charge in [0.1, 0.15) is 11.5 Å². The molecule has 220 valence electrons. The van der Waals surface area contributed by atoms with Crippen LogP contribution in [-0.4, -0.2) is 68.2 Å². The fourth-order valence-corrected chi connectivity index (χ4v) is 5.61. The first-order valence-electron chi connectivity index (χ1n) is 13.5. The van der Waals surface area contributed by atoms with Gasteiger partial charge in [-0.2, -0.15) is 13.2 Å². The zero-order valence-electron chi connectivity index (χ0n) is 23.6. The first-order chi connectivity index (χ1) is 18.8. The fraction of sp³-hybridized carbons (Fsp3) is 0.533. The number of likely N-dealkylation sites (tertiary alicyclic amines) is 1. The molecule has 3 rings (SSSR count). The number of piperidine rings is 1. The Labute approximate surface area is 239 Å². The lowest BCUT2D eigenvalue weighted by atomic mass is 9.85. The Balaban J connectivity index is 1.51. The molecule has 2 amide bonds. The van der Waals surface area contributed by atoms with Crippen molar-refractivity contribution in [1.29, 1.82) is 0 Å². The molecule has 0 bridgehead atoms. The molecule has 0 N–H and O–H groups in total. The third-order valence-corrected chi connectivity index (χ3v) is 7.62. The van der Waals surface area contributed by atoms with Crippen molar-refractivity contribution in [3.63, 3.8) is 0 Å². The summed E-state index contributed by atoms with van der Waals surface area (Å²) >= 11 is 6.29. The van der Waals surface area contributed by atoms with E-state index < -0.39 is 18.0 Å². The predicted octanol–water partition coefficient (Wildman–Crippen LogP) is 6.82. The second-order valence-electron chi connectivity index (χ2n) is 10.9. The lowest BCUT2D eigenvalue weighted by Crippen LogP contribution is -2.45.